The third-order valence-electron chi connectivity index (χ3n) is 2.85. The van der Waals surface area contributed by atoms with Crippen molar-refractivity contribution in [2.75, 3.05) is 13.2 Å². The topological polar surface area (TPSA) is 75.6 Å². The molecule has 1 fully saturated rings. The molecule has 1 heterocycles. The molecule has 0 amide bonds. The number of nitrogens with one attached hydrogen (secondary N) is 1. The van der Waals surface area contributed by atoms with E-state index < -0.39 is 44.8 Å². The van der Waals surface area contributed by atoms with Crippen molar-refractivity contribution >= 4 is 10.0 Å². The summed E-state index contributed by atoms with van der Waals surface area (Å²) in [6, 6.07) is 1.23. The molecule has 0 radical (unpaired) electrons. The summed E-state index contributed by atoms with van der Waals surface area (Å²) in [5, 5.41) is 8.86. The van der Waals surface area contributed by atoms with Gasteiger partial charge in [0.05, 0.1) is 18.8 Å². The second-order valence-corrected chi connectivity index (χ2v) is 5.86. The van der Waals surface area contributed by atoms with Crippen LogP contribution in [0.3, 0.4) is 0 Å². The third kappa shape index (κ3) is 2.92. The quantitative estimate of drug-likeness (QED) is 0.849. The molecule has 1 aromatic carbocycles. The van der Waals surface area contributed by atoms with Crippen LogP contribution in [0.1, 0.15) is 12.0 Å². The Kier molecular flexibility index (Phi) is 4.14. The van der Waals surface area contributed by atoms with Gasteiger partial charge in [-0.15, -0.1) is 0 Å². The van der Waals surface area contributed by atoms with Crippen molar-refractivity contribution in [2.45, 2.75) is 24.0 Å². The summed E-state index contributed by atoms with van der Waals surface area (Å²) in [6.07, 6.45) is 0.495. The van der Waals surface area contributed by atoms with Crippen LogP contribution in [-0.2, 0) is 21.4 Å². The fraction of sp³-hybridized carbons (Fsp3) is 0.455. The predicted octanol–water partition coefficient (Wildman–Crippen LogP) is 0.524. The fourth-order valence-electron chi connectivity index (χ4n) is 1.84. The van der Waals surface area contributed by atoms with E-state index in [4.69, 9.17) is 9.84 Å². The highest BCUT2D eigenvalue weighted by molar-refractivity contribution is 7.89. The maximum Gasteiger partial charge on any atom is 0.243 e. The number of ether oxygens (including phenoxy) is 1. The molecule has 0 saturated carbocycles. The van der Waals surface area contributed by atoms with Gasteiger partial charge in [-0.25, -0.2) is 21.9 Å². The number of benzene rings is 1. The van der Waals surface area contributed by atoms with Crippen LogP contribution in [0.15, 0.2) is 17.0 Å². The standard InChI is InChI=1S/C11H13F2NO4S/c12-9-1-2-10(11(13)8(9)5-15)19(16,17)14-7-3-4-18-6-7/h1-2,7,14-15H,3-6H2. The minimum Gasteiger partial charge on any atom is -0.391 e. The number of aliphatic hydroxyl groups is 1. The lowest BCUT2D eigenvalue weighted by molar-refractivity contribution is 0.192. The van der Waals surface area contributed by atoms with E-state index in [1.54, 1.807) is 0 Å². The van der Waals surface area contributed by atoms with Crippen molar-refractivity contribution in [3.63, 3.8) is 0 Å². The highest BCUT2D eigenvalue weighted by Crippen LogP contribution is 2.21. The number of hydrogen-bond donors (Lipinski definition) is 2. The maximum absolute atomic E-state index is 13.9. The molecule has 0 aliphatic carbocycles. The average Bonchev–Trinajstić information content (AvgIpc) is 2.81. The Morgan fingerprint density at radius 2 is 2.16 bits per heavy atom. The summed E-state index contributed by atoms with van der Waals surface area (Å²) in [6.45, 7) is -0.260. The normalized spacial score (nSPS) is 19.8. The van der Waals surface area contributed by atoms with E-state index in [1.807, 2.05) is 0 Å². The van der Waals surface area contributed by atoms with E-state index >= 15 is 0 Å². The van der Waals surface area contributed by atoms with E-state index in [0.29, 0.717) is 13.0 Å². The summed E-state index contributed by atoms with van der Waals surface area (Å²) >= 11 is 0. The van der Waals surface area contributed by atoms with Gasteiger partial charge in [0.25, 0.3) is 0 Å². The summed E-state index contributed by atoms with van der Waals surface area (Å²) < 4.78 is 58.3. The Labute approximate surface area is 109 Å². The van der Waals surface area contributed by atoms with Gasteiger partial charge in [-0.2, -0.15) is 0 Å². The van der Waals surface area contributed by atoms with E-state index in [2.05, 4.69) is 4.72 Å². The van der Waals surface area contributed by atoms with Gasteiger partial charge in [0.1, 0.15) is 10.7 Å². The second-order valence-electron chi connectivity index (χ2n) is 4.18. The Balaban J connectivity index is 2.34. The van der Waals surface area contributed by atoms with Crippen molar-refractivity contribution in [1.29, 1.82) is 0 Å². The van der Waals surface area contributed by atoms with Crippen LogP contribution in [0, 0.1) is 11.6 Å². The van der Waals surface area contributed by atoms with Gasteiger partial charge in [-0.05, 0) is 18.6 Å². The van der Waals surface area contributed by atoms with Crippen LogP contribution in [0.25, 0.3) is 0 Å². The zero-order valence-electron chi connectivity index (χ0n) is 9.90. The van der Waals surface area contributed by atoms with Crippen LogP contribution < -0.4 is 4.72 Å². The lowest BCUT2D eigenvalue weighted by Crippen LogP contribution is -2.35. The molecule has 1 saturated heterocycles. The summed E-state index contributed by atoms with van der Waals surface area (Å²) in [5.74, 6) is -2.25. The number of hydrogen-bond acceptors (Lipinski definition) is 4. The first-order valence-electron chi connectivity index (χ1n) is 5.63. The monoisotopic (exact) mass is 293 g/mol. The molecule has 106 valence electrons. The van der Waals surface area contributed by atoms with Crippen LogP contribution >= 0.6 is 0 Å². The van der Waals surface area contributed by atoms with Gasteiger partial charge in [0.15, 0.2) is 5.82 Å². The van der Waals surface area contributed by atoms with Crippen LogP contribution in [-0.4, -0.2) is 32.8 Å². The molecular formula is C11H13F2NO4S. The van der Waals surface area contributed by atoms with Crippen LogP contribution in [0.4, 0.5) is 8.78 Å². The Morgan fingerprint density at radius 1 is 1.42 bits per heavy atom. The van der Waals surface area contributed by atoms with Crippen molar-refractivity contribution in [1.82, 2.24) is 4.72 Å². The first-order chi connectivity index (χ1) is 8.95. The molecule has 1 aliphatic rings. The Bertz CT molecular complexity index is 570. The molecule has 2 N–H and O–H groups in total. The minimum atomic E-state index is -4.11. The van der Waals surface area contributed by atoms with Crippen molar-refractivity contribution in [3.8, 4) is 0 Å². The van der Waals surface area contributed by atoms with Crippen LogP contribution in [0.2, 0.25) is 0 Å². The van der Waals surface area contributed by atoms with Crippen molar-refractivity contribution < 1.29 is 27.0 Å². The first kappa shape index (κ1) is 14.3. The maximum atomic E-state index is 13.9. The van der Waals surface area contributed by atoms with Gasteiger partial charge in [0.2, 0.25) is 10.0 Å². The van der Waals surface area contributed by atoms with Gasteiger partial charge < -0.3 is 9.84 Å². The molecule has 19 heavy (non-hydrogen) atoms. The highest BCUT2D eigenvalue weighted by atomic mass is 32.2. The highest BCUT2D eigenvalue weighted by Gasteiger charge is 2.27. The molecule has 8 heteroatoms. The zero-order valence-corrected chi connectivity index (χ0v) is 10.7. The molecule has 1 aromatic rings. The number of halogens is 2. The second kappa shape index (κ2) is 5.49. The number of sulfonamides is 1. The summed E-state index contributed by atoms with van der Waals surface area (Å²) in [5.41, 5.74) is -0.662. The average molecular weight is 293 g/mol. The van der Waals surface area contributed by atoms with Gasteiger partial charge in [0, 0.05) is 12.6 Å². The van der Waals surface area contributed by atoms with Gasteiger partial charge in [-0.1, -0.05) is 0 Å². The number of aliphatic hydroxyl groups excluding tert-OH is 1. The fourth-order valence-corrected chi connectivity index (χ4v) is 3.20. The van der Waals surface area contributed by atoms with Crippen LogP contribution in [0.5, 0.6) is 0 Å². The number of rotatable bonds is 4. The lowest BCUT2D eigenvalue weighted by Gasteiger charge is -2.13. The van der Waals surface area contributed by atoms with Crippen molar-refractivity contribution in [3.05, 3.63) is 29.3 Å². The molecule has 0 aromatic heterocycles. The van der Waals surface area contributed by atoms with E-state index in [0.717, 1.165) is 12.1 Å². The lowest BCUT2D eigenvalue weighted by atomic mass is 10.2. The van der Waals surface area contributed by atoms with E-state index in [1.165, 1.54) is 0 Å². The van der Waals surface area contributed by atoms with Crippen molar-refractivity contribution in [2.24, 2.45) is 0 Å². The largest absolute Gasteiger partial charge is 0.391 e. The molecule has 1 atom stereocenters. The molecule has 1 unspecified atom stereocenters. The van der Waals surface area contributed by atoms with Gasteiger partial charge >= 0.3 is 0 Å². The molecule has 5 nitrogen and oxygen atoms in total. The Hall–Kier alpha value is -1.09. The van der Waals surface area contributed by atoms with E-state index in [9.17, 15) is 17.2 Å². The predicted molar refractivity (Wildman–Crippen MR) is 61.8 cm³/mol. The smallest absolute Gasteiger partial charge is 0.243 e. The molecule has 0 bridgehead atoms. The third-order valence-corrected chi connectivity index (χ3v) is 4.39. The SMILES string of the molecule is O=S(=O)(NC1CCOC1)c1ccc(F)c(CO)c1F. The first-order valence-corrected chi connectivity index (χ1v) is 7.12. The molecule has 2 rings (SSSR count). The molecule has 1 aliphatic heterocycles. The van der Waals surface area contributed by atoms with E-state index in [-0.39, 0.29) is 6.61 Å². The zero-order chi connectivity index (χ0) is 14.0. The Morgan fingerprint density at radius 3 is 2.74 bits per heavy atom. The summed E-state index contributed by atoms with van der Waals surface area (Å²) in [7, 11) is -4.11. The molecular weight excluding hydrogens is 280 g/mol. The van der Waals surface area contributed by atoms with Gasteiger partial charge in [-0.3, -0.25) is 0 Å². The molecule has 0 spiro atoms. The summed E-state index contributed by atoms with van der Waals surface area (Å²) in [4.78, 5) is -0.676. The minimum absolute atomic E-state index is 0.217.